The van der Waals surface area contributed by atoms with Gasteiger partial charge >= 0.3 is 0 Å². The fourth-order valence-corrected chi connectivity index (χ4v) is 1.98. The Hall–Kier alpha value is -1.13. The van der Waals surface area contributed by atoms with E-state index in [4.69, 9.17) is 5.73 Å². The predicted molar refractivity (Wildman–Crippen MR) is 64.4 cm³/mol. The Labute approximate surface area is 97.1 Å². The molecule has 0 atom stereocenters. The van der Waals surface area contributed by atoms with Gasteiger partial charge in [-0.25, -0.2) is 4.98 Å². The maximum Gasteiger partial charge on any atom is 0.141 e. The zero-order chi connectivity index (χ0) is 10.7. The van der Waals surface area contributed by atoms with Crippen LogP contribution in [0.5, 0.6) is 0 Å². The van der Waals surface area contributed by atoms with Crippen LogP contribution in [-0.4, -0.2) is 16.1 Å². The molecular formula is C11H12BrN3. The fraction of sp³-hybridized carbons (Fsp3) is 0.182. The minimum absolute atomic E-state index is 0.619. The van der Waals surface area contributed by atoms with Crippen molar-refractivity contribution in [3.8, 4) is 11.4 Å². The van der Waals surface area contributed by atoms with Crippen molar-refractivity contribution in [2.45, 2.75) is 6.54 Å². The molecular weight excluding hydrogens is 254 g/mol. The highest BCUT2D eigenvalue weighted by Gasteiger charge is 2.07. The van der Waals surface area contributed by atoms with Crippen molar-refractivity contribution < 1.29 is 0 Å². The fourth-order valence-electron chi connectivity index (χ4n) is 1.52. The summed E-state index contributed by atoms with van der Waals surface area (Å²) in [6.07, 6.45) is 3.74. The van der Waals surface area contributed by atoms with E-state index in [0.29, 0.717) is 6.54 Å². The summed E-state index contributed by atoms with van der Waals surface area (Å²) in [7, 11) is 0. The maximum absolute atomic E-state index is 5.54. The summed E-state index contributed by atoms with van der Waals surface area (Å²) in [6.45, 7) is 1.41. The number of halogens is 1. The molecule has 3 nitrogen and oxygen atoms in total. The smallest absolute Gasteiger partial charge is 0.141 e. The third-order valence-corrected chi connectivity index (χ3v) is 2.89. The zero-order valence-corrected chi connectivity index (χ0v) is 9.81. The molecule has 4 heteroatoms. The summed E-state index contributed by atoms with van der Waals surface area (Å²) in [4.78, 5) is 4.34. The number of nitrogens with zero attached hydrogens (tertiary/aromatic N) is 2. The zero-order valence-electron chi connectivity index (χ0n) is 8.23. The number of hydrogen-bond donors (Lipinski definition) is 1. The van der Waals surface area contributed by atoms with Crippen LogP contribution in [0.3, 0.4) is 0 Å². The van der Waals surface area contributed by atoms with Gasteiger partial charge in [-0.3, -0.25) is 0 Å². The van der Waals surface area contributed by atoms with Gasteiger partial charge in [0, 0.05) is 35.5 Å². The van der Waals surface area contributed by atoms with Gasteiger partial charge in [-0.15, -0.1) is 0 Å². The van der Waals surface area contributed by atoms with E-state index in [1.165, 1.54) is 0 Å². The molecule has 15 heavy (non-hydrogen) atoms. The summed E-state index contributed by atoms with van der Waals surface area (Å²) < 4.78 is 3.11. The number of aromatic nitrogens is 2. The van der Waals surface area contributed by atoms with Crippen LogP contribution in [0.1, 0.15) is 0 Å². The van der Waals surface area contributed by atoms with E-state index in [1.807, 2.05) is 30.5 Å². The first-order valence-corrected chi connectivity index (χ1v) is 5.58. The number of hydrogen-bond acceptors (Lipinski definition) is 2. The first-order valence-electron chi connectivity index (χ1n) is 4.79. The second kappa shape index (κ2) is 4.59. The van der Waals surface area contributed by atoms with Gasteiger partial charge in [0.05, 0.1) is 0 Å². The van der Waals surface area contributed by atoms with Crippen LogP contribution in [0.4, 0.5) is 0 Å². The molecule has 0 aliphatic heterocycles. The van der Waals surface area contributed by atoms with Gasteiger partial charge in [0.25, 0.3) is 0 Å². The van der Waals surface area contributed by atoms with Gasteiger partial charge < -0.3 is 10.3 Å². The first-order chi connectivity index (χ1) is 7.33. The molecule has 1 aromatic heterocycles. The molecule has 2 N–H and O–H groups in total. The minimum Gasteiger partial charge on any atom is -0.330 e. The van der Waals surface area contributed by atoms with Crippen molar-refractivity contribution in [2.24, 2.45) is 5.73 Å². The molecule has 78 valence electrons. The Morgan fingerprint density at radius 1 is 1.33 bits per heavy atom. The van der Waals surface area contributed by atoms with Gasteiger partial charge in [0.15, 0.2) is 0 Å². The predicted octanol–water partition coefficient (Wildman–Crippen LogP) is 2.27. The maximum atomic E-state index is 5.54. The lowest BCUT2D eigenvalue weighted by Gasteiger charge is -2.07. The van der Waals surface area contributed by atoms with E-state index in [9.17, 15) is 0 Å². The molecule has 0 aliphatic rings. The van der Waals surface area contributed by atoms with Crippen LogP contribution < -0.4 is 5.73 Å². The molecule has 0 bridgehead atoms. The van der Waals surface area contributed by atoms with Gasteiger partial charge in [0.1, 0.15) is 5.82 Å². The van der Waals surface area contributed by atoms with Crippen LogP contribution in [0.2, 0.25) is 0 Å². The Morgan fingerprint density at radius 3 is 2.87 bits per heavy atom. The average Bonchev–Trinajstić information content (AvgIpc) is 2.67. The Morgan fingerprint density at radius 2 is 2.13 bits per heavy atom. The van der Waals surface area contributed by atoms with Crippen molar-refractivity contribution in [3.63, 3.8) is 0 Å². The van der Waals surface area contributed by atoms with Crippen molar-refractivity contribution in [1.29, 1.82) is 0 Å². The molecule has 0 radical (unpaired) electrons. The molecule has 0 saturated heterocycles. The van der Waals surface area contributed by atoms with E-state index in [1.54, 1.807) is 6.20 Å². The summed E-state index contributed by atoms with van der Waals surface area (Å²) >= 11 is 3.52. The minimum atomic E-state index is 0.619. The molecule has 0 aliphatic carbocycles. The van der Waals surface area contributed by atoms with Gasteiger partial charge in [-0.2, -0.15) is 0 Å². The SMILES string of the molecule is NCCn1ccnc1-c1ccccc1Br. The number of imidazole rings is 1. The van der Waals surface area contributed by atoms with Crippen molar-refractivity contribution in [2.75, 3.05) is 6.54 Å². The van der Waals surface area contributed by atoms with Gasteiger partial charge in [-0.05, 0) is 6.07 Å². The third-order valence-electron chi connectivity index (χ3n) is 2.20. The lowest BCUT2D eigenvalue weighted by atomic mass is 10.2. The Bertz CT molecular complexity index is 451. The number of rotatable bonds is 3. The second-order valence-electron chi connectivity index (χ2n) is 3.21. The monoisotopic (exact) mass is 265 g/mol. The highest BCUT2D eigenvalue weighted by atomic mass is 79.9. The van der Waals surface area contributed by atoms with Gasteiger partial charge in [0.2, 0.25) is 0 Å². The third kappa shape index (κ3) is 2.11. The van der Waals surface area contributed by atoms with Crippen molar-refractivity contribution in [3.05, 3.63) is 41.1 Å². The summed E-state index contributed by atoms with van der Waals surface area (Å²) in [5.41, 5.74) is 6.64. The van der Waals surface area contributed by atoms with Crippen LogP contribution in [0.25, 0.3) is 11.4 Å². The average molecular weight is 266 g/mol. The lowest BCUT2D eigenvalue weighted by Crippen LogP contribution is -2.10. The quantitative estimate of drug-likeness (QED) is 0.926. The molecule has 0 unspecified atom stereocenters. The lowest BCUT2D eigenvalue weighted by molar-refractivity contribution is 0.715. The molecule has 2 aromatic rings. The number of benzene rings is 1. The topological polar surface area (TPSA) is 43.8 Å². The van der Waals surface area contributed by atoms with Crippen LogP contribution in [-0.2, 0) is 6.54 Å². The molecule has 0 fully saturated rings. The summed E-state index contributed by atoms with van der Waals surface area (Å²) in [6, 6.07) is 8.04. The van der Waals surface area contributed by atoms with Crippen LogP contribution in [0.15, 0.2) is 41.1 Å². The Balaban J connectivity index is 2.45. The van der Waals surface area contributed by atoms with Crippen molar-refractivity contribution in [1.82, 2.24) is 9.55 Å². The summed E-state index contributed by atoms with van der Waals surface area (Å²) in [5, 5.41) is 0. The standard InChI is InChI=1S/C11H12BrN3/c12-10-4-2-1-3-9(10)11-14-6-8-15(11)7-5-13/h1-4,6,8H,5,7,13H2. The summed E-state index contributed by atoms with van der Waals surface area (Å²) in [5.74, 6) is 0.952. The van der Waals surface area contributed by atoms with E-state index in [-0.39, 0.29) is 0 Å². The van der Waals surface area contributed by atoms with E-state index in [2.05, 4.69) is 25.5 Å². The van der Waals surface area contributed by atoms with E-state index < -0.39 is 0 Å². The second-order valence-corrected chi connectivity index (χ2v) is 4.07. The Kier molecular flexibility index (Phi) is 3.18. The normalized spacial score (nSPS) is 10.5. The highest BCUT2D eigenvalue weighted by Crippen LogP contribution is 2.26. The van der Waals surface area contributed by atoms with E-state index in [0.717, 1.165) is 22.4 Å². The van der Waals surface area contributed by atoms with Crippen LogP contribution in [0, 0.1) is 0 Å². The van der Waals surface area contributed by atoms with E-state index >= 15 is 0 Å². The largest absolute Gasteiger partial charge is 0.330 e. The molecule has 0 spiro atoms. The van der Waals surface area contributed by atoms with Crippen LogP contribution >= 0.6 is 15.9 Å². The van der Waals surface area contributed by atoms with Gasteiger partial charge in [-0.1, -0.05) is 34.1 Å². The number of nitrogens with two attached hydrogens (primary N) is 1. The molecule has 0 amide bonds. The van der Waals surface area contributed by atoms with Crippen molar-refractivity contribution >= 4 is 15.9 Å². The molecule has 2 rings (SSSR count). The first kappa shape index (κ1) is 10.4. The highest BCUT2D eigenvalue weighted by molar-refractivity contribution is 9.10. The molecule has 1 aromatic carbocycles. The molecule has 1 heterocycles. The molecule has 0 saturated carbocycles.